The average molecular weight is 512 g/mol. The second-order valence-corrected chi connectivity index (χ2v) is 11.1. The minimum Gasteiger partial charge on any atom is -0.355 e. The van der Waals surface area contributed by atoms with Gasteiger partial charge in [0.1, 0.15) is 6.54 Å². The van der Waals surface area contributed by atoms with Crippen LogP contribution in [0.1, 0.15) is 43.2 Å². The SMILES string of the molecule is CN(CCCNC(=O)CN1C(=O)/C(=C/c2ccc(Cl)cc2)SC2CCCCC21)Cc1ccccc1. The van der Waals surface area contributed by atoms with Crippen molar-refractivity contribution in [3.8, 4) is 0 Å². The largest absolute Gasteiger partial charge is 0.355 e. The van der Waals surface area contributed by atoms with E-state index in [1.54, 1.807) is 11.8 Å². The molecule has 2 fully saturated rings. The van der Waals surface area contributed by atoms with Crippen molar-refractivity contribution < 1.29 is 9.59 Å². The normalized spacial score (nSPS) is 21.3. The topological polar surface area (TPSA) is 52.7 Å². The highest BCUT2D eigenvalue weighted by molar-refractivity contribution is 8.04. The van der Waals surface area contributed by atoms with Gasteiger partial charge in [-0.25, -0.2) is 0 Å². The summed E-state index contributed by atoms with van der Waals surface area (Å²) < 4.78 is 0. The minimum atomic E-state index is -0.0777. The molecule has 2 unspecified atom stereocenters. The second-order valence-electron chi connectivity index (χ2n) is 9.43. The number of rotatable bonds is 9. The van der Waals surface area contributed by atoms with Crippen molar-refractivity contribution in [2.45, 2.75) is 49.9 Å². The van der Waals surface area contributed by atoms with Crippen molar-refractivity contribution in [3.05, 3.63) is 75.7 Å². The standard InChI is InChI=1S/C28H34ClN3O2S/c1-31(19-22-8-3-2-4-9-22)17-7-16-30-27(33)20-32-24-10-5-6-11-25(24)35-26(28(32)34)18-21-12-14-23(29)15-13-21/h2-4,8-9,12-15,18,24-25H,5-7,10-11,16-17,19-20H2,1H3,(H,30,33)/b26-18-. The van der Waals surface area contributed by atoms with E-state index in [2.05, 4.69) is 41.5 Å². The Morgan fingerprint density at radius 3 is 2.66 bits per heavy atom. The van der Waals surface area contributed by atoms with Crippen molar-refractivity contribution in [2.24, 2.45) is 0 Å². The summed E-state index contributed by atoms with van der Waals surface area (Å²) in [7, 11) is 2.09. The van der Waals surface area contributed by atoms with Gasteiger partial charge in [-0.1, -0.05) is 66.9 Å². The lowest BCUT2D eigenvalue weighted by Crippen LogP contribution is -2.54. The van der Waals surface area contributed by atoms with Crippen molar-refractivity contribution in [1.29, 1.82) is 0 Å². The van der Waals surface area contributed by atoms with E-state index >= 15 is 0 Å². The van der Waals surface area contributed by atoms with Crippen LogP contribution in [0.2, 0.25) is 5.02 Å². The first kappa shape index (κ1) is 25.8. The first-order chi connectivity index (χ1) is 17.0. The van der Waals surface area contributed by atoms with Crippen LogP contribution in [0.3, 0.4) is 0 Å². The Hall–Kier alpha value is -2.28. The number of benzene rings is 2. The number of nitrogens with one attached hydrogen (secondary N) is 1. The molecule has 2 atom stereocenters. The van der Waals surface area contributed by atoms with Gasteiger partial charge in [0.05, 0.1) is 4.91 Å². The highest BCUT2D eigenvalue weighted by atomic mass is 35.5. The molecule has 1 aliphatic carbocycles. The summed E-state index contributed by atoms with van der Waals surface area (Å²) >= 11 is 7.69. The lowest BCUT2D eigenvalue weighted by atomic mass is 9.93. The fraction of sp³-hybridized carbons (Fsp3) is 0.429. The van der Waals surface area contributed by atoms with Crippen molar-refractivity contribution in [1.82, 2.24) is 15.1 Å². The molecule has 0 radical (unpaired) electrons. The van der Waals surface area contributed by atoms with Gasteiger partial charge >= 0.3 is 0 Å². The van der Waals surface area contributed by atoms with E-state index in [1.807, 2.05) is 41.3 Å². The zero-order valence-corrected chi connectivity index (χ0v) is 21.9. The van der Waals surface area contributed by atoms with E-state index in [0.717, 1.165) is 44.3 Å². The number of fused-ring (bicyclic) bond motifs is 1. The Labute approximate surface area is 217 Å². The molecule has 0 spiro atoms. The molecule has 2 aromatic carbocycles. The molecular formula is C28H34ClN3O2S. The Kier molecular flexibility index (Phi) is 9.30. The molecule has 1 N–H and O–H groups in total. The molecular weight excluding hydrogens is 478 g/mol. The highest BCUT2D eigenvalue weighted by Crippen LogP contribution is 2.42. The van der Waals surface area contributed by atoms with Gasteiger partial charge in [0.25, 0.3) is 5.91 Å². The van der Waals surface area contributed by atoms with Gasteiger partial charge in [-0.05, 0) is 62.2 Å². The molecule has 4 rings (SSSR count). The smallest absolute Gasteiger partial charge is 0.261 e. The van der Waals surface area contributed by atoms with Crippen LogP contribution >= 0.6 is 23.4 Å². The van der Waals surface area contributed by atoms with Crippen LogP contribution in [-0.4, -0.2) is 59.6 Å². The van der Waals surface area contributed by atoms with Gasteiger partial charge in [0.15, 0.2) is 0 Å². The number of nitrogens with zero attached hydrogens (tertiary/aromatic N) is 2. The third-order valence-corrected chi connectivity index (χ3v) is 8.28. The molecule has 1 saturated carbocycles. The summed E-state index contributed by atoms with van der Waals surface area (Å²) in [6.07, 6.45) is 7.13. The van der Waals surface area contributed by atoms with E-state index < -0.39 is 0 Å². The summed E-state index contributed by atoms with van der Waals surface area (Å²) in [5.74, 6) is -0.114. The van der Waals surface area contributed by atoms with Crippen molar-refractivity contribution >= 4 is 41.3 Å². The number of carbonyl (C=O) groups is 2. The lowest BCUT2D eigenvalue weighted by molar-refractivity contribution is -0.135. The third kappa shape index (κ3) is 7.35. The maximum atomic E-state index is 13.4. The summed E-state index contributed by atoms with van der Waals surface area (Å²) in [6, 6.07) is 18.0. The molecule has 1 aliphatic heterocycles. The van der Waals surface area contributed by atoms with Crippen LogP contribution in [0.5, 0.6) is 0 Å². The molecule has 1 saturated heterocycles. The predicted octanol–water partition coefficient (Wildman–Crippen LogP) is 5.21. The summed E-state index contributed by atoms with van der Waals surface area (Å²) in [6.45, 7) is 2.52. The summed E-state index contributed by atoms with van der Waals surface area (Å²) in [4.78, 5) is 31.0. The van der Waals surface area contributed by atoms with Crippen LogP contribution in [-0.2, 0) is 16.1 Å². The first-order valence-corrected chi connectivity index (χ1v) is 13.7. The third-order valence-electron chi connectivity index (χ3n) is 6.63. The Balaban J connectivity index is 1.31. The zero-order valence-electron chi connectivity index (χ0n) is 20.3. The maximum absolute atomic E-state index is 13.4. The fourth-order valence-corrected chi connectivity index (χ4v) is 6.43. The number of thioether (sulfide) groups is 1. The van der Waals surface area contributed by atoms with Gasteiger partial charge in [-0.2, -0.15) is 0 Å². The average Bonchev–Trinajstić information content (AvgIpc) is 2.86. The maximum Gasteiger partial charge on any atom is 0.261 e. The second kappa shape index (κ2) is 12.6. The predicted molar refractivity (Wildman–Crippen MR) is 145 cm³/mol. The monoisotopic (exact) mass is 511 g/mol. The summed E-state index contributed by atoms with van der Waals surface area (Å²) in [5.41, 5.74) is 2.23. The van der Waals surface area contributed by atoms with Crippen LogP contribution in [0.15, 0.2) is 59.5 Å². The molecule has 35 heavy (non-hydrogen) atoms. The van der Waals surface area contributed by atoms with E-state index in [-0.39, 0.29) is 24.4 Å². The quantitative estimate of drug-likeness (QED) is 0.371. The van der Waals surface area contributed by atoms with Gasteiger partial charge < -0.3 is 15.1 Å². The van der Waals surface area contributed by atoms with E-state index in [0.29, 0.717) is 21.7 Å². The molecule has 0 aromatic heterocycles. The molecule has 2 amide bonds. The van der Waals surface area contributed by atoms with Crippen molar-refractivity contribution in [3.63, 3.8) is 0 Å². The zero-order chi connectivity index (χ0) is 24.6. The minimum absolute atomic E-state index is 0.0363. The molecule has 0 bridgehead atoms. The number of hydrogen-bond donors (Lipinski definition) is 1. The van der Waals surface area contributed by atoms with Gasteiger partial charge in [-0.15, -0.1) is 11.8 Å². The first-order valence-electron chi connectivity index (χ1n) is 12.4. The number of halogens is 1. The van der Waals surface area contributed by atoms with E-state index in [1.165, 1.54) is 12.0 Å². The van der Waals surface area contributed by atoms with E-state index in [9.17, 15) is 9.59 Å². The van der Waals surface area contributed by atoms with Crippen molar-refractivity contribution in [2.75, 3.05) is 26.7 Å². The fourth-order valence-electron chi connectivity index (χ4n) is 4.83. The Bertz CT molecular complexity index is 1030. The Morgan fingerprint density at radius 2 is 1.89 bits per heavy atom. The Morgan fingerprint density at radius 1 is 1.14 bits per heavy atom. The number of carbonyl (C=O) groups excluding carboxylic acids is 2. The van der Waals surface area contributed by atoms with Crippen LogP contribution < -0.4 is 5.32 Å². The van der Waals surface area contributed by atoms with Crippen LogP contribution in [0, 0.1) is 0 Å². The number of hydrogen-bond acceptors (Lipinski definition) is 4. The van der Waals surface area contributed by atoms with Gasteiger partial charge in [0, 0.05) is 29.4 Å². The van der Waals surface area contributed by atoms with Gasteiger partial charge in [-0.3, -0.25) is 9.59 Å². The molecule has 7 heteroatoms. The van der Waals surface area contributed by atoms with Gasteiger partial charge in [0.2, 0.25) is 5.91 Å². The molecule has 1 heterocycles. The van der Waals surface area contributed by atoms with Crippen LogP contribution in [0.4, 0.5) is 0 Å². The highest BCUT2D eigenvalue weighted by Gasteiger charge is 2.41. The molecule has 2 aliphatic rings. The lowest BCUT2D eigenvalue weighted by Gasteiger charge is -2.43. The van der Waals surface area contributed by atoms with Crippen LogP contribution in [0.25, 0.3) is 6.08 Å². The van der Waals surface area contributed by atoms with E-state index in [4.69, 9.17) is 11.6 Å². The molecule has 186 valence electrons. The number of amides is 2. The molecule has 5 nitrogen and oxygen atoms in total. The molecule has 2 aromatic rings. The summed E-state index contributed by atoms with van der Waals surface area (Å²) in [5, 5.41) is 4.06.